The van der Waals surface area contributed by atoms with Gasteiger partial charge in [-0.15, -0.1) is 0 Å². The highest BCUT2D eigenvalue weighted by Gasteiger charge is 2.36. The molecule has 7 heteroatoms. The third kappa shape index (κ3) is 4.71. The number of nitrogens with two attached hydrogens (primary N) is 1. The van der Waals surface area contributed by atoms with Gasteiger partial charge in [-0.25, -0.2) is 0 Å². The van der Waals surface area contributed by atoms with Gasteiger partial charge in [0.15, 0.2) is 0 Å². The SMILES string of the molecule is CN(CC(C)(C)CN)C(=O)c1ccc(Br)cc1C(F)(F)F. The van der Waals surface area contributed by atoms with Crippen molar-refractivity contribution in [2.24, 2.45) is 11.1 Å². The number of amides is 1. The Bertz CT molecular complexity index is 529. The number of alkyl halides is 3. The number of halogens is 4. The van der Waals surface area contributed by atoms with Crippen molar-refractivity contribution in [1.82, 2.24) is 4.90 Å². The first-order chi connectivity index (χ1) is 9.48. The lowest BCUT2D eigenvalue weighted by Gasteiger charge is -2.29. The lowest BCUT2D eigenvalue weighted by Crippen LogP contribution is -2.40. The Hall–Kier alpha value is -1.08. The molecule has 118 valence electrons. The van der Waals surface area contributed by atoms with Crippen molar-refractivity contribution in [2.45, 2.75) is 20.0 Å². The summed E-state index contributed by atoms with van der Waals surface area (Å²) in [7, 11) is 1.47. The number of carbonyl (C=O) groups is 1. The summed E-state index contributed by atoms with van der Waals surface area (Å²) >= 11 is 2.99. The Labute approximate surface area is 130 Å². The van der Waals surface area contributed by atoms with Gasteiger partial charge in [-0.1, -0.05) is 29.8 Å². The first kappa shape index (κ1) is 18.0. The number of rotatable bonds is 4. The highest BCUT2D eigenvalue weighted by molar-refractivity contribution is 9.10. The van der Waals surface area contributed by atoms with Crippen LogP contribution in [-0.4, -0.2) is 30.9 Å². The lowest BCUT2D eigenvalue weighted by molar-refractivity contribution is -0.138. The van der Waals surface area contributed by atoms with Crippen LogP contribution >= 0.6 is 15.9 Å². The van der Waals surface area contributed by atoms with E-state index in [4.69, 9.17) is 5.73 Å². The van der Waals surface area contributed by atoms with E-state index in [9.17, 15) is 18.0 Å². The average molecular weight is 367 g/mol. The minimum atomic E-state index is -4.58. The molecule has 0 aliphatic carbocycles. The molecular formula is C14H18BrF3N2O. The molecule has 1 rings (SSSR count). The maximum absolute atomic E-state index is 13.0. The second-order valence-electron chi connectivity index (χ2n) is 5.72. The van der Waals surface area contributed by atoms with Crippen LogP contribution in [0.2, 0.25) is 0 Å². The van der Waals surface area contributed by atoms with E-state index in [2.05, 4.69) is 15.9 Å². The van der Waals surface area contributed by atoms with Crippen molar-refractivity contribution in [2.75, 3.05) is 20.1 Å². The molecular weight excluding hydrogens is 349 g/mol. The number of hydrogen-bond donors (Lipinski definition) is 1. The number of benzene rings is 1. The van der Waals surface area contributed by atoms with Crippen LogP contribution in [0.4, 0.5) is 13.2 Å². The molecule has 1 aromatic carbocycles. The van der Waals surface area contributed by atoms with E-state index in [0.717, 1.165) is 6.07 Å². The highest BCUT2D eigenvalue weighted by Crippen LogP contribution is 2.34. The molecule has 0 fully saturated rings. The summed E-state index contributed by atoms with van der Waals surface area (Å²) in [5.41, 5.74) is 3.92. The van der Waals surface area contributed by atoms with Gasteiger partial charge in [0.1, 0.15) is 0 Å². The van der Waals surface area contributed by atoms with Crippen molar-refractivity contribution in [1.29, 1.82) is 0 Å². The molecule has 0 bridgehead atoms. The van der Waals surface area contributed by atoms with Crippen molar-refractivity contribution >= 4 is 21.8 Å². The second-order valence-corrected chi connectivity index (χ2v) is 6.63. The Morgan fingerprint density at radius 2 is 1.90 bits per heavy atom. The molecule has 21 heavy (non-hydrogen) atoms. The van der Waals surface area contributed by atoms with Crippen LogP contribution in [0.25, 0.3) is 0 Å². The summed E-state index contributed by atoms with van der Waals surface area (Å²) in [6.45, 7) is 4.30. The topological polar surface area (TPSA) is 46.3 Å². The van der Waals surface area contributed by atoms with Crippen molar-refractivity contribution in [3.8, 4) is 0 Å². The van der Waals surface area contributed by atoms with Crippen molar-refractivity contribution in [3.63, 3.8) is 0 Å². The molecule has 0 aliphatic rings. The van der Waals surface area contributed by atoms with Crippen LogP contribution in [-0.2, 0) is 6.18 Å². The summed E-state index contributed by atoms with van der Waals surface area (Å²) in [4.78, 5) is 13.6. The van der Waals surface area contributed by atoms with Gasteiger partial charge in [0.25, 0.3) is 5.91 Å². The zero-order chi connectivity index (χ0) is 16.4. The largest absolute Gasteiger partial charge is 0.417 e. The number of hydrogen-bond acceptors (Lipinski definition) is 2. The Balaban J connectivity index is 3.13. The van der Waals surface area contributed by atoms with Gasteiger partial charge >= 0.3 is 6.18 Å². The smallest absolute Gasteiger partial charge is 0.341 e. The van der Waals surface area contributed by atoms with Gasteiger partial charge in [-0.05, 0) is 30.2 Å². The summed E-state index contributed by atoms with van der Waals surface area (Å²) in [5.74, 6) is -0.670. The molecule has 2 N–H and O–H groups in total. The van der Waals surface area contributed by atoms with E-state index in [-0.39, 0.29) is 22.0 Å². The van der Waals surface area contributed by atoms with E-state index in [1.54, 1.807) is 0 Å². The second kappa shape index (κ2) is 6.36. The molecule has 1 amide bonds. The Morgan fingerprint density at radius 1 is 1.33 bits per heavy atom. The van der Waals surface area contributed by atoms with Crippen LogP contribution in [0.3, 0.4) is 0 Å². The average Bonchev–Trinajstić information content (AvgIpc) is 2.36. The standard InChI is InChI=1S/C14H18BrF3N2O/c1-13(2,7-19)8-20(3)12(21)10-5-4-9(15)6-11(10)14(16,17)18/h4-6H,7-8,19H2,1-3H3. The van der Waals surface area contributed by atoms with Gasteiger partial charge in [0.2, 0.25) is 0 Å². The van der Waals surface area contributed by atoms with E-state index in [1.165, 1.54) is 24.1 Å². The minimum Gasteiger partial charge on any atom is -0.341 e. The fraction of sp³-hybridized carbons (Fsp3) is 0.500. The summed E-state index contributed by atoms with van der Waals surface area (Å²) in [6.07, 6.45) is -4.58. The maximum atomic E-state index is 13.0. The van der Waals surface area contributed by atoms with Crippen molar-refractivity contribution in [3.05, 3.63) is 33.8 Å². The van der Waals surface area contributed by atoms with Crippen molar-refractivity contribution < 1.29 is 18.0 Å². The molecule has 3 nitrogen and oxygen atoms in total. The fourth-order valence-electron chi connectivity index (χ4n) is 1.92. The molecule has 0 aliphatic heterocycles. The summed E-state index contributed by atoms with van der Waals surface area (Å²) in [5, 5.41) is 0. The monoisotopic (exact) mass is 366 g/mol. The lowest BCUT2D eigenvalue weighted by atomic mass is 9.93. The summed E-state index contributed by atoms with van der Waals surface area (Å²) < 4.78 is 39.4. The Kier molecular flexibility index (Phi) is 5.44. The highest BCUT2D eigenvalue weighted by atomic mass is 79.9. The van der Waals surface area contributed by atoms with E-state index >= 15 is 0 Å². The van der Waals surface area contributed by atoms with Gasteiger partial charge in [0.05, 0.1) is 11.1 Å². The van der Waals surface area contributed by atoms with Crippen LogP contribution in [0.5, 0.6) is 0 Å². The van der Waals surface area contributed by atoms with Crippen LogP contribution < -0.4 is 5.73 Å². The first-order valence-electron chi connectivity index (χ1n) is 6.30. The molecule has 0 radical (unpaired) electrons. The quantitative estimate of drug-likeness (QED) is 0.885. The molecule has 0 saturated carbocycles. The third-order valence-electron chi connectivity index (χ3n) is 3.08. The van der Waals surface area contributed by atoms with E-state index in [0.29, 0.717) is 6.54 Å². The van der Waals surface area contributed by atoms with Gasteiger partial charge in [0, 0.05) is 18.1 Å². The zero-order valence-electron chi connectivity index (χ0n) is 12.1. The molecule has 0 saturated heterocycles. The molecule has 0 aromatic heterocycles. The third-order valence-corrected chi connectivity index (χ3v) is 3.58. The predicted octanol–water partition coefficient (Wildman–Crippen LogP) is 3.52. The normalized spacial score (nSPS) is 12.4. The molecule has 0 spiro atoms. The first-order valence-corrected chi connectivity index (χ1v) is 7.09. The molecule has 0 atom stereocenters. The molecule has 0 heterocycles. The number of carbonyl (C=O) groups excluding carboxylic acids is 1. The van der Waals surface area contributed by atoms with Gasteiger partial charge in [-0.3, -0.25) is 4.79 Å². The summed E-state index contributed by atoms with van der Waals surface area (Å²) in [6, 6.07) is 3.51. The van der Waals surface area contributed by atoms with Gasteiger partial charge in [-0.2, -0.15) is 13.2 Å². The van der Waals surface area contributed by atoms with Crippen LogP contribution in [0.15, 0.2) is 22.7 Å². The maximum Gasteiger partial charge on any atom is 0.417 e. The Morgan fingerprint density at radius 3 is 2.38 bits per heavy atom. The van der Waals surface area contributed by atoms with E-state index in [1.807, 2.05) is 13.8 Å². The zero-order valence-corrected chi connectivity index (χ0v) is 13.7. The van der Waals surface area contributed by atoms with Crippen LogP contribution in [0, 0.1) is 5.41 Å². The number of nitrogens with zero attached hydrogens (tertiary/aromatic N) is 1. The van der Waals surface area contributed by atoms with Gasteiger partial charge < -0.3 is 10.6 Å². The van der Waals surface area contributed by atoms with E-state index < -0.39 is 17.6 Å². The molecule has 1 aromatic rings. The minimum absolute atomic E-state index is 0.274. The fourth-order valence-corrected chi connectivity index (χ4v) is 2.28. The predicted molar refractivity (Wildman–Crippen MR) is 78.9 cm³/mol. The van der Waals surface area contributed by atoms with Crippen LogP contribution in [0.1, 0.15) is 29.8 Å². The molecule has 0 unspecified atom stereocenters.